The van der Waals surface area contributed by atoms with Gasteiger partial charge in [-0.05, 0) is 31.2 Å². The lowest BCUT2D eigenvalue weighted by Crippen LogP contribution is -2.29. The van der Waals surface area contributed by atoms with Gasteiger partial charge in [0.2, 0.25) is 5.79 Å². The second-order valence-electron chi connectivity index (χ2n) is 6.34. The maximum Gasteiger partial charge on any atom is 0.276 e. The van der Waals surface area contributed by atoms with Crippen LogP contribution in [0.4, 0.5) is 5.69 Å². The Balaban J connectivity index is 1.62. The van der Waals surface area contributed by atoms with E-state index in [0.29, 0.717) is 22.9 Å². The van der Waals surface area contributed by atoms with Crippen molar-refractivity contribution in [3.63, 3.8) is 0 Å². The predicted molar refractivity (Wildman–Crippen MR) is 90.6 cm³/mol. The average molecular weight is 323 g/mol. The van der Waals surface area contributed by atoms with Gasteiger partial charge in [-0.15, -0.1) is 0 Å². The van der Waals surface area contributed by atoms with Gasteiger partial charge in [-0.2, -0.15) is 5.10 Å². The average Bonchev–Trinajstić information content (AvgIpc) is 3.05. The SMILES string of the molecule is Cc1ccc2[nH]nc(C(=O)Nc3ccc4c(c3)OC(C)(C)O4)c2c1. The number of benzene rings is 2. The molecule has 2 aromatic carbocycles. The topological polar surface area (TPSA) is 76.2 Å². The van der Waals surface area contributed by atoms with Gasteiger partial charge in [0.15, 0.2) is 17.2 Å². The second-order valence-corrected chi connectivity index (χ2v) is 6.34. The molecule has 4 rings (SSSR count). The van der Waals surface area contributed by atoms with Crippen LogP contribution in [0.3, 0.4) is 0 Å². The van der Waals surface area contributed by atoms with Crippen molar-refractivity contribution in [2.45, 2.75) is 26.6 Å². The predicted octanol–water partition coefficient (Wildman–Crippen LogP) is 3.63. The van der Waals surface area contributed by atoms with E-state index in [9.17, 15) is 4.79 Å². The summed E-state index contributed by atoms with van der Waals surface area (Å²) in [7, 11) is 0. The summed E-state index contributed by atoms with van der Waals surface area (Å²) in [5.74, 6) is 0.310. The normalized spacial score (nSPS) is 14.8. The minimum atomic E-state index is -0.694. The number of rotatable bonds is 2. The van der Waals surface area contributed by atoms with Gasteiger partial charge >= 0.3 is 0 Å². The Morgan fingerprint density at radius 3 is 2.75 bits per heavy atom. The van der Waals surface area contributed by atoms with Crippen LogP contribution in [0.1, 0.15) is 29.9 Å². The lowest BCUT2D eigenvalue weighted by Gasteiger charge is -2.16. The third-order valence-electron chi connectivity index (χ3n) is 3.85. The smallest absolute Gasteiger partial charge is 0.276 e. The summed E-state index contributed by atoms with van der Waals surface area (Å²) in [6.07, 6.45) is 0. The molecule has 0 saturated heterocycles. The van der Waals surface area contributed by atoms with Crippen LogP contribution in [0.15, 0.2) is 36.4 Å². The van der Waals surface area contributed by atoms with Crippen LogP contribution >= 0.6 is 0 Å². The summed E-state index contributed by atoms with van der Waals surface area (Å²) in [5.41, 5.74) is 2.90. The number of hydrogen-bond acceptors (Lipinski definition) is 4. The molecule has 0 fully saturated rings. The van der Waals surface area contributed by atoms with Gasteiger partial charge in [0, 0.05) is 31.0 Å². The minimum absolute atomic E-state index is 0.273. The Morgan fingerprint density at radius 1 is 1.12 bits per heavy atom. The van der Waals surface area contributed by atoms with E-state index in [1.807, 2.05) is 39.0 Å². The fourth-order valence-corrected chi connectivity index (χ4v) is 2.79. The molecule has 2 N–H and O–H groups in total. The van der Waals surface area contributed by atoms with Gasteiger partial charge in [0.1, 0.15) is 0 Å². The van der Waals surface area contributed by atoms with Crippen LogP contribution in [0.25, 0.3) is 10.9 Å². The zero-order valence-electron chi connectivity index (χ0n) is 13.6. The number of fused-ring (bicyclic) bond motifs is 2. The fraction of sp³-hybridized carbons (Fsp3) is 0.222. The number of aromatic amines is 1. The summed E-state index contributed by atoms with van der Waals surface area (Å²) >= 11 is 0. The minimum Gasteiger partial charge on any atom is -0.449 e. The van der Waals surface area contributed by atoms with Crippen molar-refractivity contribution < 1.29 is 14.3 Å². The van der Waals surface area contributed by atoms with Crippen molar-refractivity contribution in [1.29, 1.82) is 0 Å². The molecule has 0 saturated carbocycles. The molecular weight excluding hydrogens is 306 g/mol. The van der Waals surface area contributed by atoms with E-state index >= 15 is 0 Å². The van der Waals surface area contributed by atoms with E-state index in [1.165, 1.54) is 0 Å². The van der Waals surface area contributed by atoms with Crippen molar-refractivity contribution in [3.8, 4) is 11.5 Å². The molecule has 0 bridgehead atoms. The Bertz CT molecular complexity index is 959. The summed E-state index contributed by atoms with van der Waals surface area (Å²) in [4.78, 5) is 12.6. The van der Waals surface area contributed by atoms with Crippen molar-refractivity contribution in [3.05, 3.63) is 47.7 Å². The molecule has 2 heterocycles. The number of H-pyrrole nitrogens is 1. The number of aromatic nitrogens is 2. The van der Waals surface area contributed by atoms with Gasteiger partial charge in [-0.25, -0.2) is 0 Å². The van der Waals surface area contributed by atoms with E-state index in [-0.39, 0.29) is 5.91 Å². The van der Waals surface area contributed by atoms with Crippen LogP contribution in [0.2, 0.25) is 0 Å². The number of aryl methyl sites for hydroxylation is 1. The summed E-state index contributed by atoms with van der Waals surface area (Å²) in [5, 5.41) is 10.7. The highest BCUT2D eigenvalue weighted by Gasteiger charge is 2.31. The number of ether oxygens (including phenoxy) is 2. The summed E-state index contributed by atoms with van der Waals surface area (Å²) in [6, 6.07) is 11.1. The van der Waals surface area contributed by atoms with E-state index < -0.39 is 5.79 Å². The molecule has 1 amide bonds. The number of carbonyl (C=O) groups excluding carboxylic acids is 1. The number of carbonyl (C=O) groups is 1. The number of nitrogens with one attached hydrogen (secondary N) is 2. The van der Waals surface area contributed by atoms with E-state index in [0.717, 1.165) is 16.5 Å². The Labute approximate surface area is 138 Å². The van der Waals surface area contributed by atoms with E-state index in [2.05, 4.69) is 15.5 Å². The highest BCUT2D eigenvalue weighted by atomic mass is 16.7. The van der Waals surface area contributed by atoms with Gasteiger partial charge in [0.25, 0.3) is 5.91 Å². The van der Waals surface area contributed by atoms with Crippen LogP contribution in [-0.4, -0.2) is 21.9 Å². The standard InChI is InChI=1S/C18H17N3O3/c1-10-4-6-13-12(8-10)16(21-20-13)17(22)19-11-5-7-14-15(9-11)24-18(2,3)23-14/h4-9H,1-3H3,(H,19,22)(H,20,21). The monoisotopic (exact) mass is 323 g/mol. The van der Waals surface area contributed by atoms with Crippen molar-refractivity contribution in [1.82, 2.24) is 10.2 Å². The molecule has 3 aromatic rings. The zero-order chi connectivity index (χ0) is 16.9. The number of hydrogen-bond donors (Lipinski definition) is 2. The highest BCUT2D eigenvalue weighted by Crippen LogP contribution is 2.40. The van der Waals surface area contributed by atoms with Gasteiger partial charge < -0.3 is 14.8 Å². The second kappa shape index (κ2) is 4.99. The van der Waals surface area contributed by atoms with Gasteiger partial charge in [-0.1, -0.05) is 11.6 Å². The molecule has 24 heavy (non-hydrogen) atoms. The molecule has 0 spiro atoms. The molecule has 0 radical (unpaired) electrons. The van der Waals surface area contributed by atoms with E-state index in [4.69, 9.17) is 9.47 Å². The molecule has 1 aliphatic heterocycles. The zero-order valence-corrected chi connectivity index (χ0v) is 13.6. The number of nitrogens with zero attached hydrogens (tertiary/aromatic N) is 1. The molecule has 0 unspecified atom stereocenters. The summed E-state index contributed by atoms with van der Waals surface area (Å²) < 4.78 is 11.3. The molecule has 6 heteroatoms. The van der Waals surface area contributed by atoms with Crippen molar-refractivity contribution in [2.24, 2.45) is 0 Å². The maximum absolute atomic E-state index is 12.6. The van der Waals surface area contributed by atoms with Crippen LogP contribution in [0.5, 0.6) is 11.5 Å². The number of anilines is 1. The van der Waals surface area contributed by atoms with E-state index in [1.54, 1.807) is 18.2 Å². The molecular formula is C18H17N3O3. The lowest BCUT2D eigenvalue weighted by atomic mass is 10.1. The Kier molecular flexibility index (Phi) is 3.03. The fourth-order valence-electron chi connectivity index (χ4n) is 2.79. The van der Waals surface area contributed by atoms with Crippen LogP contribution < -0.4 is 14.8 Å². The lowest BCUT2D eigenvalue weighted by molar-refractivity contribution is -0.0431. The third-order valence-corrected chi connectivity index (χ3v) is 3.85. The van der Waals surface area contributed by atoms with Crippen LogP contribution in [-0.2, 0) is 0 Å². The molecule has 122 valence electrons. The number of amides is 1. The largest absolute Gasteiger partial charge is 0.449 e. The third kappa shape index (κ3) is 2.46. The first-order valence-corrected chi connectivity index (χ1v) is 7.69. The van der Waals surface area contributed by atoms with Crippen LogP contribution in [0, 0.1) is 6.92 Å². The quantitative estimate of drug-likeness (QED) is 0.755. The van der Waals surface area contributed by atoms with Crippen molar-refractivity contribution >= 4 is 22.5 Å². The first-order chi connectivity index (χ1) is 11.4. The maximum atomic E-state index is 12.6. The molecule has 1 aliphatic rings. The van der Waals surface area contributed by atoms with Gasteiger partial charge in [0.05, 0.1) is 5.52 Å². The van der Waals surface area contributed by atoms with Gasteiger partial charge in [-0.3, -0.25) is 9.89 Å². The molecule has 0 aliphatic carbocycles. The Morgan fingerprint density at radius 2 is 1.92 bits per heavy atom. The highest BCUT2D eigenvalue weighted by molar-refractivity contribution is 6.11. The molecule has 6 nitrogen and oxygen atoms in total. The first kappa shape index (κ1) is 14.6. The Hall–Kier alpha value is -3.02. The molecule has 1 aromatic heterocycles. The first-order valence-electron chi connectivity index (χ1n) is 7.69. The summed E-state index contributed by atoms with van der Waals surface area (Å²) in [6.45, 7) is 5.65. The van der Waals surface area contributed by atoms with Crippen molar-refractivity contribution in [2.75, 3.05) is 5.32 Å². The molecule has 0 atom stereocenters.